The highest BCUT2D eigenvalue weighted by atomic mass is 16.5. The molecule has 1 amide bonds. The maximum Gasteiger partial charge on any atom is 0.259 e. The number of rotatable bonds is 7. The van der Waals surface area contributed by atoms with Gasteiger partial charge in [-0.25, -0.2) is 0 Å². The topological polar surface area (TPSA) is 66.0 Å². The number of aryl methyl sites for hydroxylation is 1. The van der Waals surface area contributed by atoms with Gasteiger partial charge in [0.1, 0.15) is 5.75 Å². The van der Waals surface area contributed by atoms with Crippen molar-refractivity contribution in [1.82, 2.24) is 15.5 Å². The second kappa shape index (κ2) is 10.2. The number of guanidine groups is 1. The van der Waals surface area contributed by atoms with Crippen LogP contribution in [0.5, 0.6) is 5.75 Å². The minimum atomic E-state index is -0.0701. The van der Waals surface area contributed by atoms with Crippen LogP contribution in [0.3, 0.4) is 0 Å². The summed E-state index contributed by atoms with van der Waals surface area (Å²) in [4.78, 5) is 17.4. The zero-order valence-corrected chi connectivity index (χ0v) is 16.5. The van der Waals surface area contributed by atoms with Gasteiger partial charge in [-0.2, -0.15) is 0 Å². The van der Waals surface area contributed by atoms with E-state index < -0.39 is 0 Å². The number of hydrogen-bond donors (Lipinski definition) is 2. The summed E-state index contributed by atoms with van der Waals surface area (Å²) in [6.07, 6.45) is 0. The molecule has 0 radical (unpaired) electrons. The van der Waals surface area contributed by atoms with E-state index in [1.165, 1.54) is 16.0 Å². The third-order valence-electron chi connectivity index (χ3n) is 4.15. The predicted octanol–water partition coefficient (Wildman–Crippen LogP) is 2.33. The first-order valence-corrected chi connectivity index (χ1v) is 8.90. The van der Waals surface area contributed by atoms with Gasteiger partial charge in [-0.05, 0) is 35.7 Å². The molecule has 2 aromatic rings. The van der Waals surface area contributed by atoms with Crippen LogP contribution in [-0.4, -0.2) is 44.5 Å². The number of nitrogens with one attached hydrogen (secondary N) is 2. The summed E-state index contributed by atoms with van der Waals surface area (Å²) in [7, 11) is 5.17. The van der Waals surface area contributed by atoms with Crippen LogP contribution >= 0.6 is 0 Å². The molecule has 0 aliphatic rings. The molecule has 0 saturated carbocycles. The van der Waals surface area contributed by atoms with Crippen molar-refractivity contribution in [2.45, 2.75) is 20.0 Å². The molecule has 6 nitrogen and oxygen atoms in total. The van der Waals surface area contributed by atoms with Crippen molar-refractivity contribution in [2.24, 2.45) is 4.99 Å². The van der Waals surface area contributed by atoms with Crippen molar-refractivity contribution in [3.8, 4) is 5.75 Å². The predicted molar refractivity (Wildman–Crippen MR) is 109 cm³/mol. The summed E-state index contributed by atoms with van der Waals surface area (Å²) in [5, 5.41) is 6.62. The Morgan fingerprint density at radius 3 is 2.52 bits per heavy atom. The van der Waals surface area contributed by atoms with Gasteiger partial charge in [0, 0.05) is 34.2 Å². The highest BCUT2D eigenvalue weighted by Gasteiger charge is 2.06. The van der Waals surface area contributed by atoms with Gasteiger partial charge in [0.25, 0.3) is 5.91 Å². The Morgan fingerprint density at radius 2 is 1.81 bits per heavy atom. The standard InChI is InChI=1S/C21H28N4O2/c1-16-8-5-6-10-18(16)14-24-21(22-2)23-13-17-9-7-11-19(12-17)27-15-20(26)25(3)4/h5-12H,13-15H2,1-4H3,(H2,22,23,24). The first-order valence-electron chi connectivity index (χ1n) is 8.90. The van der Waals surface area contributed by atoms with Crippen LogP contribution in [0.4, 0.5) is 0 Å². The zero-order chi connectivity index (χ0) is 19.6. The van der Waals surface area contributed by atoms with Crippen LogP contribution in [0.1, 0.15) is 16.7 Å². The zero-order valence-electron chi connectivity index (χ0n) is 16.5. The molecule has 0 atom stereocenters. The van der Waals surface area contributed by atoms with E-state index in [1.807, 2.05) is 36.4 Å². The van der Waals surface area contributed by atoms with Crippen LogP contribution in [0.25, 0.3) is 0 Å². The quantitative estimate of drug-likeness (QED) is 0.581. The van der Waals surface area contributed by atoms with E-state index in [-0.39, 0.29) is 12.5 Å². The summed E-state index contributed by atoms with van der Waals surface area (Å²) in [6, 6.07) is 15.9. The van der Waals surface area contributed by atoms with Gasteiger partial charge in [-0.1, -0.05) is 36.4 Å². The van der Waals surface area contributed by atoms with Crippen LogP contribution in [0.2, 0.25) is 0 Å². The fourth-order valence-corrected chi connectivity index (χ4v) is 2.41. The minimum absolute atomic E-state index is 0.0313. The number of benzene rings is 2. The van der Waals surface area contributed by atoms with E-state index in [2.05, 4.69) is 34.7 Å². The van der Waals surface area contributed by atoms with Gasteiger partial charge in [-0.15, -0.1) is 0 Å². The molecule has 144 valence electrons. The molecule has 0 bridgehead atoms. The Bertz CT molecular complexity index is 787. The fourth-order valence-electron chi connectivity index (χ4n) is 2.41. The van der Waals surface area contributed by atoms with Crippen molar-refractivity contribution >= 4 is 11.9 Å². The summed E-state index contributed by atoms with van der Waals surface area (Å²) in [5.41, 5.74) is 3.53. The summed E-state index contributed by atoms with van der Waals surface area (Å²) in [6.45, 7) is 3.44. The molecule has 0 heterocycles. The lowest BCUT2D eigenvalue weighted by Gasteiger charge is -2.14. The number of hydrogen-bond acceptors (Lipinski definition) is 3. The third kappa shape index (κ3) is 6.66. The first-order chi connectivity index (χ1) is 13.0. The molecular weight excluding hydrogens is 340 g/mol. The number of likely N-dealkylation sites (N-methyl/N-ethyl adjacent to an activating group) is 1. The van der Waals surface area contributed by atoms with Crippen LogP contribution in [0, 0.1) is 6.92 Å². The van der Waals surface area contributed by atoms with E-state index in [0.29, 0.717) is 18.8 Å². The van der Waals surface area contributed by atoms with Crippen LogP contribution in [0.15, 0.2) is 53.5 Å². The lowest BCUT2D eigenvalue weighted by Crippen LogP contribution is -2.36. The SMILES string of the molecule is CN=C(NCc1cccc(OCC(=O)N(C)C)c1)NCc1ccccc1C. The van der Waals surface area contributed by atoms with Gasteiger partial charge < -0.3 is 20.3 Å². The molecule has 0 spiro atoms. The van der Waals surface area contributed by atoms with E-state index in [9.17, 15) is 4.79 Å². The molecule has 0 aromatic heterocycles. The van der Waals surface area contributed by atoms with Gasteiger partial charge >= 0.3 is 0 Å². The average Bonchev–Trinajstić information content (AvgIpc) is 2.67. The molecule has 0 aliphatic carbocycles. The number of carbonyl (C=O) groups is 1. The van der Waals surface area contributed by atoms with Gasteiger partial charge in [-0.3, -0.25) is 9.79 Å². The molecule has 0 aliphatic heterocycles. The van der Waals surface area contributed by atoms with E-state index in [1.54, 1.807) is 21.1 Å². The second-order valence-electron chi connectivity index (χ2n) is 6.43. The van der Waals surface area contributed by atoms with Gasteiger partial charge in [0.15, 0.2) is 12.6 Å². The highest BCUT2D eigenvalue weighted by Crippen LogP contribution is 2.13. The number of ether oxygens (including phenoxy) is 1. The summed E-state index contributed by atoms with van der Waals surface area (Å²) < 4.78 is 5.56. The summed E-state index contributed by atoms with van der Waals surface area (Å²) >= 11 is 0. The molecular formula is C21H28N4O2. The summed E-state index contributed by atoms with van der Waals surface area (Å²) in [5.74, 6) is 1.33. The van der Waals surface area contributed by atoms with Crippen molar-refractivity contribution in [1.29, 1.82) is 0 Å². The molecule has 0 saturated heterocycles. The second-order valence-corrected chi connectivity index (χ2v) is 6.43. The highest BCUT2D eigenvalue weighted by molar-refractivity contribution is 5.79. The normalized spacial score (nSPS) is 11.0. The number of nitrogens with zero attached hydrogens (tertiary/aromatic N) is 2. The molecule has 0 fully saturated rings. The third-order valence-corrected chi connectivity index (χ3v) is 4.15. The van der Waals surface area contributed by atoms with Gasteiger partial charge in [0.05, 0.1) is 0 Å². The van der Waals surface area contributed by atoms with Crippen molar-refractivity contribution in [2.75, 3.05) is 27.7 Å². The van der Waals surface area contributed by atoms with Crippen LogP contribution < -0.4 is 15.4 Å². The number of carbonyl (C=O) groups excluding carboxylic acids is 1. The smallest absolute Gasteiger partial charge is 0.259 e. The average molecular weight is 368 g/mol. The van der Waals surface area contributed by atoms with Crippen LogP contribution in [-0.2, 0) is 17.9 Å². The Labute approximate surface area is 161 Å². The molecule has 2 N–H and O–H groups in total. The Morgan fingerprint density at radius 1 is 1.07 bits per heavy atom. The number of aliphatic imine (C=N–C) groups is 1. The van der Waals surface area contributed by atoms with Crippen molar-refractivity contribution < 1.29 is 9.53 Å². The lowest BCUT2D eigenvalue weighted by atomic mass is 10.1. The maximum atomic E-state index is 11.6. The maximum absolute atomic E-state index is 11.6. The lowest BCUT2D eigenvalue weighted by molar-refractivity contribution is -0.130. The molecule has 2 rings (SSSR count). The monoisotopic (exact) mass is 368 g/mol. The number of amides is 1. The molecule has 2 aromatic carbocycles. The van der Waals surface area contributed by atoms with Gasteiger partial charge in [0.2, 0.25) is 0 Å². The Balaban J connectivity index is 1.86. The van der Waals surface area contributed by atoms with Crippen molar-refractivity contribution in [3.05, 3.63) is 65.2 Å². The Kier molecular flexibility index (Phi) is 7.67. The van der Waals surface area contributed by atoms with E-state index >= 15 is 0 Å². The van der Waals surface area contributed by atoms with Crippen molar-refractivity contribution in [3.63, 3.8) is 0 Å². The van der Waals surface area contributed by atoms with E-state index in [4.69, 9.17) is 4.74 Å². The molecule has 27 heavy (non-hydrogen) atoms. The van der Waals surface area contributed by atoms with E-state index in [0.717, 1.165) is 11.5 Å². The largest absolute Gasteiger partial charge is 0.484 e. The molecule has 0 unspecified atom stereocenters. The Hall–Kier alpha value is -3.02. The molecule has 6 heteroatoms. The fraction of sp³-hybridized carbons (Fsp3) is 0.333. The minimum Gasteiger partial charge on any atom is -0.484 e. The first kappa shape index (κ1) is 20.3.